The van der Waals surface area contributed by atoms with Crippen LogP contribution in [0.1, 0.15) is 37.3 Å². The van der Waals surface area contributed by atoms with Gasteiger partial charge in [-0.05, 0) is 24.9 Å². The molecular weight excluding hydrogens is 230 g/mol. The van der Waals surface area contributed by atoms with Crippen molar-refractivity contribution < 1.29 is 15.0 Å². The maximum atomic E-state index is 11.2. The van der Waals surface area contributed by atoms with Gasteiger partial charge in [0.2, 0.25) is 0 Å². The van der Waals surface area contributed by atoms with Gasteiger partial charge in [0.05, 0.1) is 0 Å². The molecule has 0 saturated carbocycles. The van der Waals surface area contributed by atoms with Gasteiger partial charge in [0, 0.05) is 6.61 Å². The smallest absolute Gasteiger partial charge is 0.325 e. The number of aliphatic hydroxyl groups is 1. The second-order valence-electron chi connectivity index (χ2n) is 4.27. The summed E-state index contributed by atoms with van der Waals surface area (Å²) in [5, 5.41) is 20.9. The molecule has 1 rings (SSSR count). The van der Waals surface area contributed by atoms with Gasteiger partial charge in [0.15, 0.2) is 0 Å². The zero-order valence-corrected chi connectivity index (χ0v) is 10.5. The molecule has 0 saturated heterocycles. The van der Waals surface area contributed by atoms with Crippen LogP contribution in [0.2, 0.25) is 0 Å². The maximum Gasteiger partial charge on any atom is 0.325 e. The van der Waals surface area contributed by atoms with Crippen LogP contribution in [0.3, 0.4) is 0 Å². The first kappa shape index (κ1) is 14.7. The highest BCUT2D eigenvalue weighted by atomic mass is 16.4. The van der Waals surface area contributed by atoms with Crippen LogP contribution in [0.5, 0.6) is 0 Å². The molecule has 0 heterocycles. The van der Waals surface area contributed by atoms with Gasteiger partial charge in [-0.2, -0.15) is 0 Å². The summed E-state index contributed by atoms with van der Waals surface area (Å²) in [5.41, 5.74) is 0.778. The quantitative estimate of drug-likeness (QED) is 0.587. The van der Waals surface area contributed by atoms with E-state index < -0.39 is 12.0 Å². The first-order valence-electron chi connectivity index (χ1n) is 6.37. The average Bonchev–Trinajstić information content (AvgIpc) is 2.38. The maximum absolute atomic E-state index is 11.2. The molecule has 4 heteroatoms. The van der Waals surface area contributed by atoms with E-state index in [1.807, 2.05) is 30.3 Å². The monoisotopic (exact) mass is 251 g/mol. The second kappa shape index (κ2) is 8.66. The Bertz CT molecular complexity index is 340. The molecular formula is C14H21NO3. The van der Waals surface area contributed by atoms with Crippen molar-refractivity contribution >= 4 is 5.97 Å². The van der Waals surface area contributed by atoms with Crippen LogP contribution in [0.25, 0.3) is 0 Å². The number of rotatable bonds is 9. The van der Waals surface area contributed by atoms with Gasteiger partial charge in [-0.1, -0.05) is 43.2 Å². The minimum atomic E-state index is -0.850. The number of hydrogen-bond acceptors (Lipinski definition) is 3. The van der Waals surface area contributed by atoms with Crippen molar-refractivity contribution in [1.82, 2.24) is 5.32 Å². The summed E-state index contributed by atoms with van der Waals surface area (Å²) in [6.07, 6.45) is 3.74. The molecule has 1 atom stereocenters. The number of carboxylic acid groups (broad SMARTS) is 1. The number of nitrogens with one attached hydrogen (secondary N) is 1. The second-order valence-corrected chi connectivity index (χ2v) is 4.27. The van der Waals surface area contributed by atoms with E-state index in [1.54, 1.807) is 0 Å². The van der Waals surface area contributed by atoms with Gasteiger partial charge in [-0.15, -0.1) is 0 Å². The van der Waals surface area contributed by atoms with Crippen LogP contribution in [0, 0.1) is 0 Å². The molecule has 1 aromatic rings. The summed E-state index contributed by atoms with van der Waals surface area (Å²) in [7, 11) is 0. The number of carboxylic acids is 1. The standard InChI is InChI=1S/C14H21NO3/c16-11-7-2-1-6-10-15-13(14(17)18)12-8-4-3-5-9-12/h3-5,8-9,13,15-16H,1-2,6-7,10-11H2,(H,17,18). The Hall–Kier alpha value is -1.39. The van der Waals surface area contributed by atoms with Crippen LogP contribution >= 0.6 is 0 Å². The summed E-state index contributed by atoms with van der Waals surface area (Å²) in [5.74, 6) is -0.850. The van der Waals surface area contributed by atoms with Gasteiger partial charge in [-0.25, -0.2) is 0 Å². The molecule has 100 valence electrons. The van der Waals surface area contributed by atoms with Crippen LogP contribution < -0.4 is 5.32 Å². The molecule has 0 radical (unpaired) electrons. The van der Waals surface area contributed by atoms with Crippen molar-refractivity contribution in [3.63, 3.8) is 0 Å². The fraction of sp³-hybridized carbons (Fsp3) is 0.500. The molecule has 0 spiro atoms. The van der Waals surface area contributed by atoms with E-state index in [-0.39, 0.29) is 6.61 Å². The molecule has 0 fully saturated rings. The molecule has 0 amide bonds. The van der Waals surface area contributed by atoms with Gasteiger partial charge in [-0.3, -0.25) is 4.79 Å². The van der Waals surface area contributed by atoms with Crippen molar-refractivity contribution in [3.05, 3.63) is 35.9 Å². The fourth-order valence-electron chi connectivity index (χ4n) is 1.83. The van der Waals surface area contributed by atoms with Gasteiger partial charge in [0.25, 0.3) is 0 Å². The van der Waals surface area contributed by atoms with Crippen LogP contribution in [0.15, 0.2) is 30.3 Å². The van der Waals surface area contributed by atoms with E-state index in [9.17, 15) is 9.90 Å². The largest absolute Gasteiger partial charge is 0.480 e. The van der Waals surface area contributed by atoms with Crippen molar-refractivity contribution in [2.45, 2.75) is 31.7 Å². The number of unbranched alkanes of at least 4 members (excludes halogenated alkanes) is 3. The molecule has 4 nitrogen and oxygen atoms in total. The highest BCUT2D eigenvalue weighted by Gasteiger charge is 2.17. The number of carbonyl (C=O) groups is 1. The molecule has 0 aliphatic carbocycles. The third-order valence-corrected chi connectivity index (χ3v) is 2.81. The normalized spacial score (nSPS) is 12.3. The van der Waals surface area contributed by atoms with Gasteiger partial charge < -0.3 is 15.5 Å². The summed E-state index contributed by atoms with van der Waals surface area (Å²) in [6, 6.07) is 8.55. The minimum absolute atomic E-state index is 0.231. The molecule has 1 aromatic carbocycles. The first-order chi connectivity index (χ1) is 8.75. The number of aliphatic carboxylic acids is 1. The van der Waals surface area contributed by atoms with Crippen LogP contribution in [-0.4, -0.2) is 29.3 Å². The fourth-order valence-corrected chi connectivity index (χ4v) is 1.83. The minimum Gasteiger partial charge on any atom is -0.480 e. The lowest BCUT2D eigenvalue weighted by Crippen LogP contribution is -2.29. The van der Waals surface area contributed by atoms with Crippen molar-refractivity contribution in [3.8, 4) is 0 Å². The SMILES string of the molecule is O=C(O)C(NCCCCCCO)c1ccccc1. The van der Waals surface area contributed by atoms with E-state index in [0.717, 1.165) is 31.2 Å². The molecule has 18 heavy (non-hydrogen) atoms. The van der Waals surface area contributed by atoms with Gasteiger partial charge in [0.1, 0.15) is 6.04 Å². The highest BCUT2D eigenvalue weighted by molar-refractivity contribution is 5.75. The zero-order chi connectivity index (χ0) is 13.2. The molecule has 3 N–H and O–H groups in total. The van der Waals surface area contributed by atoms with E-state index >= 15 is 0 Å². The van der Waals surface area contributed by atoms with E-state index in [4.69, 9.17) is 5.11 Å². The van der Waals surface area contributed by atoms with E-state index in [1.165, 1.54) is 0 Å². The summed E-state index contributed by atoms with van der Waals surface area (Å²) >= 11 is 0. The third-order valence-electron chi connectivity index (χ3n) is 2.81. The van der Waals surface area contributed by atoms with Crippen molar-refractivity contribution in [1.29, 1.82) is 0 Å². The first-order valence-corrected chi connectivity index (χ1v) is 6.37. The Morgan fingerprint density at radius 3 is 2.39 bits per heavy atom. The summed E-state index contributed by atoms with van der Waals surface area (Å²) in [4.78, 5) is 11.2. The lowest BCUT2D eigenvalue weighted by Gasteiger charge is -2.14. The molecule has 0 bridgehead atoms. The molecule has 0 aromatic heterocycles. The lowest BCUT2D eigenvalue weighted by molar-refractivity contribution is -0.139. The van der Waals surface area contributed by atoms with E-state index in [0.29, 0.717) is 6.54 Å². The Balaban J connectivity index is 2.34. The average molecular weight is 251 g/mol. The zero-order valence-electron chi connectivity index (χ0n) is 10.5. The Kier molecular flexibility index (Phi) is 7.06. The third kappa shape index (κ3) is 5.29. The molecule has 0 aliphatic heterocycles. The van der Waals surface area contributed by atoms with Crippen LogP contribution in [-0.2, 0) is 4.79 Å². The van der Waals surface area contributed by atoms with Crippen molar-refractivity contribution in [2.24, 2.45) is 0 Å². The lowest BCUT2D eigenvalue weighted by atomic mass is 10.1. The van der Waals surface area contributed by atoms with E-state index in [2.05, 4.69) is 5.32 Å². The predicted molar refractivity (Wildman–Crippen MR) is 70.4 cm³/mol. The molecule has 1 unspecified atom stereocenters. The number of benzene rings is 1. The molecule has 0 aliphatic rings. The topological polar surface area (TPSA) is 69.6 Å². The highest BCUT2D eigenvalue weighted by Crippen LogP contribution is 2.12. The van der Waals surface area contributed by atoms with Gasteiger partial charge >= 0.3 is 5.97 Å². The predicted octanol–water partition coefficient (Wildman–Crippen LogP) is 1.95. The summed E-state index contributed by atoms with van der Waals surface area (Å²) < 4.78 is 0. The summed E-state index contributed by atoms with van der Waals surface area (Å²) in [6.45, 7) is 0.909. The van der Waals surface area contributed by atoms with Crippen molar-refractivity contribution in [2.75, 3.05) is 13.2 Å². The number of aliphatic hydroxyl groups excluding tert-OH is 1. The Morgan fingerprint density at radius 1 is 1.11 bits per heavy atom. The Morgan fingerprint density at radius 2 is 1.78 bits per heavy atom. The number of hydrogen-bond donors (Lipinski definition) is 3. The van der Waals surface area contributed by atoms with Crippen LogP contribution in [0.4, 0.5) is 0 Å². The Labute approximate surface area is 108 Å².